The lowest BCUT2D eigenvalue weighted by atomic mass is 9.99. The molecule has 0 saturated heterocycles. The van der Waals surface area contributed by atoms with Crippen LogP contribution in [0.2, 0.25) is 0 Å². The molecule has 1 heterocycles. The molecular formula is C17H17FN2. The first-order chi connectivity index (χ1) is 9.78. The smallest absolute Gasteiger partial charge is 0.147 e. The molecular weight excluding hydrogens is 251 g/mol. The summed E-state index contributed by atoms with van der Waals surface area (Å²) < 4.78 is 14.0. The molecule has 2 nitrogen and oxygen atoms in total. The van der Waals surface area contributed by atoms with Crippen LogP contribution in [0.25, 0.3) is 10.9 Å². The van der Waals surface area contributed by atoms with Crippen molar-refractivity contribution < 1.29 is 4.39 Å². The molecule has 3 rings (SSSR count). The molecule has 20 heavy (non-hydrogen) atoms. The molecule has 2 aromatic carbocycles. The highest BCUT2D eigenvalue weighted by atomic mass is 19.1. The molecule has 0 atom stereocenters. The van der Waals surface area contributed by atoms with Crippen LogP contribution in [0.1, 0.15) is 16.7 Å². The van der Waals surface area contributed by atoms with Crippen molar-refractivity contribution in [1.29, 1.82) is 0 Å². The van der Waals surface area contributed by atoms with Gasteiger partial charge in [-0.1, -0.05) is 24.3 Å². The van der Waals surface area contributed by atoms with E-state index >= 15 is 0 Å². The summed E-state index contributed by atoms with van der Waals surface area (Å²) in [7, 11) is 1.93. The topological polar surface area (TPSA) is 27.8 Å². The van der Waals surface area contributed by atoms with Gasteiger partial charge in [0.2, 0.25) is 0 Å². The number of aromatic amines is 1. The molecule has 0 aliphatic heterocycles. The first-order valence-corrected chi connectivity index (χ1v) is 6.75. The van der Waals surface area contributed by atoms with Crippen molar-refractivity contribution in [2.24, 2.45) is 0 Å². The lowest BCUT2D eigenvalue weighted by molar-refractivity contribution is 0.635. The summed E-state index contributed by atoms with van der Waals surface area (Å²) in [6, 6.07) is 13.8. The molecule has 0 bridgehead atoms. The van der Waals surface area contributed by atoms with Gasteiger partial charge in [-0.3, -0.25) is 0 Å². The van der Waals surface area contributed by atoms with Crippen molar-refractivity contribution in [3.05, 3.63) is 71.2 Å². The first-order valence-electron chi connectivity index (χ1n) is 6.75. The van der Waals surface area contributed by atoms with Crippen molar-refractivity contribution in [2.75, 3.05) is 7.05 Å². The zero-order valence-corrected chi connectivity index (χ0v) is 11.4. The van der Waals surface area contributed by atoms with E-state index in [1.165, 1.54) is 11.1 Å². The summed E-state index contributed by atoms with van der Waals surface area (Å²) in [6.45, 7) is 0.824. The number of halogens is 1. The summed E-state index contributed by atoms with van der Waals surface area (Å²) in [5.74, 6) is -0.186. The van der Waals surface area contributed by atoms with Crippen LogP contribution in [0.15, 0.2) is 48.7 Å². The highest BCUT2D eigenvalue weighted by Crippen LogP contribution is 2.21. The van der Waals surface area contributed by atoms with E-state index in [0.717, 1.165) is 23.9 Å². The SMILES string of the molecule is CNCc1ccccc1Cc1cc(F)c2[nH]ccc2c1. The Labute approximate surface area is 117 Å². The Morgan fingerprint density at radius 1 is 1.10 bits per heavy atom. The zero-order valence-electron chi connectivity index (χ0n) is 11.4. The molecule has 0 aliphatic rings. The second-order valence-corrected chi connectivity index (χ2v) is 5.00. The molecule has 102 valence electrons. The van der Waals surface area contributed by atoms with Crippen molar-refractivity contribution in [2.45, 2.75) is 13.0 Å². The summed E-state index contributed by atoms with van der Waals surface area (Å²) in [4.78, 5) is 2.93. The van der Waals surface area contributed by atoms with Crippen molar-refractivity contribution in [3.63, 3.8) is 0 Å². The summed E-state index contributed by atoms with van der Waals surface area (Å²) in [5, 5.41) is 4.09. The van der Waals surface area contributed by atoms with Gasteiger partial charge in [0.05, 0.1) is 5.52 Å². The largest absolute Gasteiger partial charge is 0.359 e. The Morgan fingerprint density at radius 3 is 2.70 bits per heavy atom. The first kappa shape index (κ1) is 12.9. The van der Waals surface area contributed by atoms with Crippen LogP contribution >= 0.6 is 0 Å². The minimum atomic E-state index is -0.186. The van der Waals surface area contributed by atoms with E-state index in [1.54, 1.807) is 12.3 Å². The number of hydrogen-bond acceptors (Lipinski definition) is 1. The molecule has 0 spiro atoms. The average Bonchev–Trinajstić information content (AvgIpc) is 2.90. The molecule has 3 aromatic rings. The van der Waals surface area contributed by atoms with Gasteiger partial charge in [-0.2, -0.15) is 0 Å². The Balaban J connectivity index is 1.96. The monoisotopic (exact) mass is 268 g/mol. The van der Waals surface area contributed by atoms with E-state index in [9.17, 15) is 4.39 Å². The van der Waals surface area contributed by atoms with E-state index in [4.69, 9.17) is 0 Å². The number of hydrogen-bond donors (Lipinski definition) is 2. The van der Waals surface area contributed by atoms with Crippen LogP contribution in [-0.2, 0) is 13.0 Å². The number of H-pyrrole nitrogens is 1. The van der Waals surface area contributed by atoms with Crippen LogP contribution < -0.4 is 5.32 Å². The number of benzene rings is 2. The van der Waals surface area contributed by atoms with Gasteiger partial charge in [-0.05, 0) is 48.4 Å². The third-order valence-electron chi connectivity index (χ3n) is 3.55. The summed E-state index contributed by atoms with van der Waals surface area (Å²) >= 11 is 0. The minimum Gasteiger partial charge on any atom is -0.359 e. The second-order valence-electron chi connectivity index (χ2n) is 5.00. The highest BCUT2D eigenvalue weighted by Gasteiger charge is 2.07. The van der Waals surface area contributed by atoms with Crippen molar-refractivity contribution in [3.8, 4) is 0 Å². The predicted molar refractivity (Wildman–Crippen MR) is 80.3 cm³/mol. The molecule has 3 heteroatoms. The highest BCUT2D eigenvalue weighted by molar-refractivity contribution is 5.80. The van der Waals surface area contributed by atoms with Gasteiger partial charge in [-0.25, -0.2) is 4.39 Å². The van der Waals surface area contributed by atoms with Gasteiger partial charge in [0, 0.05) is 18.1 Å². The third-order valence-corrected chi connectivity index (χ3v) is 3.55. The maximum atomic E-state index is 14.0. The normalized spacial score (nSPS) is 11.1. The fourth-order valence-corrected chi connectivity index (χ4v) is 2.60. The van der Waals surface area contributed by atoms with Gasteiger partial charge in [0.15, 0.2) is 0 Å². The van der Waals surface area contributed by atoms with Gasteiger partial charge in [0.25, 0.3) is 0 Å². The van der Waals surface area contributed by atoms with E-state index < -0.39 is 0 Å². The predicted octanol–water partition coefficient (Wildman–Crippen LogP) is 3.62. The zero-order chi connectivity index (χ0) is 13.9. The van der Waals surface area contributed by atoms with Crippen LogP contribution in [0, 0.1) is 5.82 Å². The Morgan fingerprint density at radius 2 is 1.90 bits per heavy atom. The fourth-order valence-electron chi connectivity index (χ4n) is 2.60. The van der Waals surface area contributed by atoms with Crippen molar-refractivity contribution >= 4 is 10.9 Å². The van der Waals surface area contributed by atoms with Crippen LogP contribution in [0.4, 0.5) is 4.39 Å². The minimum absolute atomic E-state index is 0.186. The lowest BCUT2D eigenvalue weighted by Crippen LogP contribution is -2.08. The number of nitrogens with one attached hydrogen (secondary N) is 2. The van der Waals surface area contributed by atoms with E-state index in [0.29, 0.717) is 5.52 Å². The van der Waals surface area contributed by atoms with E-state index in [1.807, 2.05) is 31.3 Å². The van der Waals surface area contributed by atoms with Crippen LogP contribution in [-0.4, -0.2) is 12.0 Å². The summed E-state index contributed by atoms with van der Waals surface area (Å²) in [5.41, 5.74) is 4.07. The van der Waals surface area contributed by atoms with Gasteiger partial charge in [0.1, 0.15) is 5.82 Å². The molecule has 0 radical (unpaired) electrons. The van der Waals surface area contributed by atoms with Crippen LogP contribution in [0.3, 0.4) is 0 Å². The number of rotatable bonds is 4. The molecule has 0 fully saturated rings. The summed E-state index contributed by atoms with van der Waals surface area (Å²) in [6.07, 6.45) is 2.52. The molecule has 0 amide bonds. The lowest BCUT2D eigenvalue weighted by Gasteiger charge is -2.09. The molecule has 0 aliphatic carbocycles. The van der Waals surface area contributed by atoms with Gasteiger partial charge in [-0.15, -0.1) is 0 Å². The third kappa shape index (κ3) is 2.45. The number of fused-ring (bicyclic) bond motifs is 1. The van der Waals surface area contributed by atoms with Gasteiger partial charge < -0.3 is 10.3 Å². The van der Waals surface area contributed by atoms with E-state index in [-0.39, 0.29) is 5.82 Å². The molecule has 0 saturated carbocycles. The van der Waals surface area contributed by atoms with Gasteiger partial charge >= 0.3 is 0 Å². The fraction of sp³-hybridized carbons (Fsp3) is 0.176. The maximum absolute atomic E-state index is 14.0. The Hall–Kier alpha value is -2.13. The molecule has 1 aromatic heterocycles. The molecule has 0 unspecified atom stereocenters. The Kier molecular flexibility index (Phi) is 3.52. The Bertz CT molecular complexity index is 731. The maximum Gasteiger partial charge on any atom is 0.147 e. The average molecular weight is 268 g/mol. The second kappa shape index (κ2) is 5.47. The standard InChI is InChI=1S/C17H17FN2/c1-19-11-15-5-3-2-4-13(15)8-12-9-14-6-7-20-17(14)16(18)10-12/h2-7,9-10,19-20H,8,11H2,1H3. The molecule has 2 N–H and O–H groups in total. The quantitative estimate of drug-likeness (QED) is 0.743. The number of aromatic nitrogens is 1. The van der Waals surface area contributed by atoms with Crippen LogP contribution in [0.5, 0.6) is 0 Å². The van der Waals surface area contributed by atoms with Crippen molar-refractivity contribution in [1.82, 2.24) is 10.3 Å². The van der Waals surface area contributed by atoms with E-state index in [2.05, 4.69) is 22.4 Å².